The number of benzene rings is 3. The maximum Gasteiger partial charge on any atom is 0.397 e. The molecule has 5 rings (SSSR count). The number of nitrogens with zero attached hydrogens (tertiary/aromatic N) is 6. The maximum atomic E-state index is 13.3. The first-order valence-corrected chi connectivity index (χ1v) is 14.7. The van der Waals surface area contributed by atoms with Gasteiger partial charge >= 0.3 is 11.9 Å². The number of hydrogen-bond acceptors (Lipinski definition) is 9. The van der Waals surface area contributed by atoms with E-state index in [-0.39, 0.29) is 17.7 Å². The number of esters is 1. The molecule has 0 aliphatic rings. The molecule has 2 heterocycles. The predicted octanol–water partition coefficient (Wildman–Crippen LogP) is 5.04. The Morgan fingerprint density at radius 2 is 1.76 bits per heavy atom. The van der Waals surface area contributed by atoms with Gasteiger partial charge in [0.25, 0.3) is 0 Å². The molecule has 232 valence electrons. The van der Waals surface area contributed by atoms with Gasteiger partial charge in [0.2, 0.25) is 5.91 Å². The van der Waals surface area contributed by atoms with Gasteiger partial charge in [-0.1, -0.05) is 65.7 Å². The zero-order chi connectivity index (χ0) is 32.5. The maximum absolute atomic E-state index is 13.3. The lowest BCUT2D eigenvalue weighted by Crippen LogP contribution is -2.29. The number of halogens is 2. The van der Waals surface area contributed by atoms with Crippen LogP contribution in [-0.4, -0.2) is 54.8 Å². The highest BCUT2D eigenvalue weighted by Gasteiger charge is 2.20. The highest BCUT2D eigenvalue weighted by Crippen LogP contribution is 2.30. The Hall–Kier alpha value is -5.46. The molecular weight excluding hydrogens is 631 g/mol. The molecule has 0 radical (unpaired) electrons. The Labute approximate surface area is 273 Å². The Kier molecular flexibility index (Phi) is 10.4. The minimum absolute atomic E-state index is 0.0911. The summed E-state index contributed by atoms with van der Waals surface area (Å²) in [5.41, 5.74) is 4.33. The smallest absolute Gasteiger partial charge is 0.397 e. The van der Waals surface area contributed by atoms with Gasteiger partial charge < -0.3 is 15.4 Å². The summed E-state index contributed by atoms with van der Waals surface area (Å²) < 4.78 is 6.19. The van der Waals surface area contributed by atoms with Gasteiger partial charge in [0.1, 0.15) is 6.33 Å². The van der Waals surface area contributed by atoms with Crippen LogP contribution in [0.25, 0.3) is 22.9 Å². The van der Waals surface area contributed by atoms with Gasteiger partial charge in [-0.05, 0) is 77.4 Å². The molecule has 1 atom stereocenters. The molecule has 2 aromatic heterocycles. The number of carbonyl (C=O) groups excluding carboxylic acids is 3. The van der Waals surface area contributed by atoms with Crippen molar-refractivity contribution in [1.82, 2.24) is 35.7 Å². The van der Waals surface area contributed by atoms with Crippen LogP contribution in [0.5, 0.6) is 0 Å². The van der Waals surface area contributed by atoms with E-state index in [2.05, 4.69) is 36.4 Å². The van der Waals surface area contributed by atoms with Gasteiger partial charge in [-0.2, -0.15) is 9.78 Å². The van der Waals surface area contributed by atoms with Gasteiger partial charge in [0.15, 0.2) is 5.15 Å². The number of carbonyl (C=O) groups is 3. The van der Waals surface area contributed by atoms with Gasteiger partial charge in [-0.15, -0.1) is 10.2 Å². The zero-order valence-electron chi connectivity index (χ0n) is 24.3. The summed E-state index contributed by atoms with van der Waals surface area (Å²) in [6.07, 6.45) is 4.88. The lowest BCUT2D eigenvalue weighted by molar-refractivity contribution is -0.152. The molecule has 5 aromatic rings. The van der Waals surface area contributed by atoms with Crippen molar-refractivity contribution in [3.8, 4) is 16.8 Å². The summed E-state index contributed by atoms with van der Waals surface area (Å²) in [6, 6.07) is 22.6. The minimum Gasteiger partial charge on any atom is -0.459 e. The van der Waals surface area contributed by atoms with Crippen molar-refractivity contribution in [3.63, 3.8) is 0 Å². The molecule has 3 aromatic carbocycles. The number of anilines is 1. The van der Waals surface area contributed by atoms with Crippen LogP contribution in [0.1, 0.15) is 29.8 Å². The second kappa shape index (κ2) is 15.0. The van der Waals surface area contributed by atoms with Crippen molar-refractivity contribution < 1.29 is 19.1 Å². The lowest BCUT2D eigenvalue weighted by Gasteiger charge is -2.18. The van der Waals surface area contributed by atoms with Crippen LogP contribution in [0.15, 0.2) is 91.3 Å². The van der Waals surface area contributed by atoms with E-state index in [1.165, 1.54) is 17.1 Å². The molecule has 0 aliphatic carbocycles. The third kappa shape index (κ3) is 8.17. The second-order valence-electron chi connectivity index (χ2n) is 9.77. The average molecular weight is 658 g/mol. The highest BCUT2D eigenvalue weighted by atomic mass is 35.5. The number of amides is 2. The number of hydrogen-bond donors (Lipinski definition) is 2. The molecule has 46 heavy (non-hydrogen) atoms. The quantitative estimate of drug-likeness (QED) is 0.119. The largest absolute Gasteiger partial charge is 0.459 e. The van der Waals surface area contributed by atoms with Crippen molar-refractivity contribution in [2.24, 2.45) is 0 Å². The summed E-state index contributed by atoms with van der Waals surface area (Å²) in [6.45, 7) is 1.71. The Morgan fingerprint density at radius 3 is 2.48 bits per heavy atom. The molecule has 14 heteroatoms. The molecular formula is C32H26Cl2N8O4. The summed E-state index contributed by atoms with van der Waals surface area (Å²) in [5, 5.41) is 25.9. The Bertz CT molecular complexity index is 1870. The predicted molar refractivity (Wildman–Crippen MR) is 172 cm³/mol. The number of ether oxygens (including phenoxy) is 1. The van der Waals surface area contributed by atoms with E-state index in [1.807, 2.05) is 30.3 Å². The minimum atomic E-state index is -0.973. The number of tetrazole rings is 1. The number of aromatic nitrogens is 6. The van der Waals surface area contributed by atoms with Crippen LogP contribution < -0.4 is 10.6 Å². The highest BCUT2D eigenvalue weighted by molar-refractivity contribution is 6.37. The van der Waals surface area contributed by atoms with E-state index in [0.29, 0.717) is 45.2 Å². The fraction of sp³-hybridized carbons (Fsp3) is 0.125. The molecule has 12 nitrogen and oxygen atoms in total. The molecule has 2 amide bonds. The van der Waals surface area contributed by atoms with Gasteiger partial charge in [-0.3, -0.25) is 9.59 Å². The molecule has 0 aliphatic heterocycles. The van der Waals surface area contributed by atoms with Crippen LogP contribution in [-0.2, 0) is 25.5 Å². The number of nitrogens with one attached hydrogen (secondary N) is 2. The van der Waals surface area contributed by atoms with E-state index >= 15 is 0 Å². The fourth-order valence-corrected chi connectivity index (χ4v) is 4.86. The SMILES string of the molecule is CCOC(=O)C(=O)Nc1ccc(-c2cc([C@H](Cc3ccccc3)NC(=O)/C=C/c3cc(Cl)ccc3-n3cnnn3)nnc2Cl)cc1. The van der Waals surface area contributed by atoms with Gasteiger partial charge in [-0.25, -0.2) is 4.79 Å². The Balaban J connectivity index is 1.39. The van der Waals surface area contributed by atoms with Crippen LogP contribution in [0.3, 0.4) is 0 Å². The third-order valence-corrected chi connectivity index (χ3v) is 7.15. The summed E-state index contributed by atoms with van der Waals surface area (Å²) in [7, 11) is 0. The van der Waals surface area contributed by atoms with Crippen LogP contribution in [0.2, 0.25) is 10.2 Å². The van der Waals surface area contributed by atoms with Gasteiger partial charge in [0.05, 0.1) is 24.0 Å². The average Bonchev–Trinajstić information content (AvgIpc) is 3.60. The van der Waals surface area contributed by atoms with E-state index in [0.717, 1.165) is 5.56 Å². The molecule has 0 spiro atoms. The topological polar surface area (TPSA) is 154 Å². The molecule has 0 saturated carbocycles. The zero-order valence-corrected chi connectivity index (χ0v) is 25.8. The fourth-order valence-electron chi connectivity index (χ4n) is 4.48. The second-order valence-corrected chi connectivity index (χ2v) is 10.6. The van der Waals surface area contributed by atoms with Crippen molar-refractivity contribution in [2.75, 3.05) is 11.9 Å². The van der Waals surface area contributed by atoms with Crippen molar-refractivity contribution >= 4 is 52.7 Å². The van der Waals surface area contributed by atoms with E-state index in [1.54, 1.807) is 61.5 Å². The molecule has 2 N–H and O–H groups in total. The van der Waals surface area contributed by atoms with E-state index < -0.39 is 17.9 Å². The van der Waals surface area contributed by atoms with E-state index in [9.17, 15) is 14.4 Å². The Morgan fingerprint density at radius 1 is 0.978 bits per heavy atom. The first-order chi connectivity index (χ1) is 22.3. The van der Waals surface area contributed by atoms with Crippen LogP contribution in [0.4, 0.5) is 5.69 Å². The first-order valence-electron chi connectivity index (χ1n) is 14.0. The molecule has 0 unspecified atom stereocenters. The molecule has 0 saturated heterocycles. The monoisotopic (exact) mass is 656 g/mol. The van der Waals surface area contributed by atoms with Gasteiger partial charge in [0, 0.05) is 27.9 Å². The number of rotatable bonds is 10. The van der Waals surface area contributed by atoms with Crippen LogP contribution in [0, 0.1) is 0 Å². The lowest BCUT2D eigenvalue weighted by atomic mass is 10.00. The van der Waals surface area contributed by atoms with Crippen molar-refractivity contribution in [2.45, 2.75) is 19.4 Å². The molecule has 0 bridgehead atoms. The summed E-state index contributed by atoms with van der Waals surface area (Å²) in [5.74, 6) is -2.24. The van der Waals surface area contributed by atoms with E-state index in [4.69, 9.17) is 27.9 Å². The standard InChI is InChI=1S/C32H26Cl2N8O4/c1-2-46-32(45)31(44)36-24-12-8-21(9-13-24)25-18-27(38-39-30(25)34)26(16-20-6-4-3-5-7-20)37-29(43)15-10-22-17-23(33)11-14-28(22)42-19-35-40-41-42/h3-15,17-19,26H,2,16H2,1H3,(H,36,44)(H,37,43)/b15-10+/t26-/m0/s1. The summed E-state index contributed by atoms with van der Waals surface area (Å²) >= 11 is 12.7. The molecule has 0 fully saturated rings. The third-order valence-electron chi connectivity index (χ3n) is 6.64. The van der Waals surface area contributed by atoms with Crippen molar-refractivity contribution in [1.29, 1.82) is 0 Å². The first kappa shape index (κ1) is 31.9. The normalized spacial score (nSPS) is 11.6. The van der Waals surface area contributed by atoms with Crippen molar-refractivity contribution in [3.05, 3.63) is 118 Å². The summed E-state index contributed by atoms with van der Waals surface area (Å²) in [4.78, 5) is 37.0. The van der Waals surface area contributed by atoms with Crippen LogP contribution >= 0.6 is 23.2 Å².